The molecule has 68 valence electrons. The predicted molar refractivity (Wildman–Crippen MR) is 49.7 cm³/mol. The maximum absolute atomic E-state index is 8.90. The molecule has 2 heteroatoms. The fourth-order valence-electron chi connectivity index (χ4n) is 0.618. The molecule has 0 aromatic carbocycles. The van der Waals surface area contributed by atoms with Gasteiger partial charge in [-0.25, -0.2) is 0 Å². The van der Waals surface area contributed by atoms with Crippen LogP contribution in [0.4, 0.5) is 0 Å². The molecule has 0 aromatic rings. The average molecular weight is 168 g/mol. The van der Waals surface area contributed by atoms with Crippen LogP contribution >= 0.6 is 0 Å². The molecular weight excluding hydrogens is 152 g/mol. The van der Waals surface area contributed by atoms with Crippen LogP contribution in [0.15, 0.2) is 12.2 Å². The van der Waals surface area contributed by atoms with E-state index in [0.29, 0.717) is 6.61 Å². The van der Waals surface area contributed by atoms with Gasteiger partial charge in [0, 0.05) is 0 Å². The van der Waals surface area contributed by atoms with E-state index in [-0.39, 0.29) is 6.10 Å². The summed E-state index contributed by atoms with van der Waals surface area (Å²) in [6, 6.07) is 0. The van der Waals surface area contributed by atoms with Crippen molar-refractivity contribution in [3.05, 3.63) is 12.2 Å². The summed E-state index contributed by atoms with van der Waals surface area (Å²) in [6.45, 7) is 5.84. The molecule has 0 aliphatic carbocycles. The highest BCUT2D eigenvalue weighted by molar-refractivity contribution is 4.96. The van der Waals surface area contributed by atoms with Gasteiger partial charge in [0.25, 0.3) is 0 Å². The van der Waals surface area contributed by atoms with Crippen LogP contribution in [0.2, 0.25) is 0 Å². The van der Waals surface area contributed by atoms with Crippen LogP contribution in [-0.4, -0.2) is 23.9 Å². The number of hydrogen-bond acceptors (Lipinski definition) is 2. The predicted octanol–water partition coefficient (Wildman–Crippen LogP) is 1.35. The van der Waals surface area contributed by atoms with Gasteiger partial charge >= 0.3 is 0 Å². The van der Waals surface area contributed by atoms with Gasteiger partial charge < -0.3 is 9.84 Å². The first kappa shape index (κ1) is 11.2. The maximum Gasteiger partial charge on any atom is 0.108 e. The number of hydrogen-bond donors (Lipinski definition) is 1. The smallest absolute Gasteiger partial charge is 0.108 e. The highest BCUT2D eigenvalue weighted by Crippen LogP contribution is 1.93. The molecule has 0 heterocycles. The first-order valence-electron chi connectivity index (χ1n) is 4.04. The highest BCUT2D eigenvalue weighted by Gasteiger charge is 1.94. The Kier molecular flexibility index (Phi) is 6.45. The Morgan fingerprint density at radius 1 is 1.42 bits per heavy atom. The van der Waals surface area contributed by atoms with E-state index in [9.17, 15) is 0 Å². The lowest BCUT2D eigenvalue weighted by atomic mass is 10.3. The summed E-state index contributed by atoms with van der Waals surface area (Å²) in [6.07, 6.45) is 3.13. The van der Waals surface area contributed by atoms with E-state index >= 15 is 0 Å². The van der Waals surface area contributed by atoms with Crippen LogP contribution in [0.25, 0.3) is 0 Å². The lowest BCUT2D eigenvalue weighted by molar-refractivity contribution is 0.126. The third kappa shape index (κ3) is 7.33. The quantitative estimate of drug-likeness (QED) is 0.507. The number of ether oxygens (including phenoxy) is 1. The minimum Gasteiger partial charge on any atom is -0.389 e. The van der Waals surface area contributed by atoms with E-state index in [2.05, 4.69) is 11.8 Å². The van der Waals surface area contributed by atoms with E-state index in [1.807, 2.05) is 13.0 Å². The second kappa shape index (κ2) is 6.90. The number of aliphatic hydroxyl groups excluding tert-OH is 1. The molecule has 2 atom stereocenters. The van der Waals surface area contributed by atoms with Crippen molar-refractivity contribution in [3.63, 3.8) is 0 Å². The molecule has 0 saturated carbocycles. The Morgan fingerprint density at radius 2 is 2.08 bits per heavy atom. The zero-order chi connectivity index (χ0) is 9.40. The lowest BCUT2D eigenvalue weighted by Gasteiger charge is -2.04. The van der Waals surface area contributed by atoms with E-state index in [4.69, 9.17) is 9.84 Å². The summed E-state index contributed by atoms with van der Waals surface area (Å²) in [4.78, 5) is 0. The molecule has 0 amide bonds. The fraction of sp³-hybridized carbons (Fsp3) is 0.600. The van der Waals surface area contributed by atoms with Crippen LogP contribution in [0.3, 0.4) is 0 Å². The van der Waals surface area contributed by atoms with Crippen LogP contribution in [0, 0.1) is 11.8 Å². The lowest BCUT2D eigenvalue weighted by Crippen LogP contribution is -2.06. The Bertz CT molecular complexity index is 184. The standard InChI is InChI=1S/C10H16O2/c1-4-5-8-12-10(3)7-6-9(2)11/h6-7,9-11H,8H2,1-3H3/b7-6+/t9?,10-/m0/s1. The first-order chi connectivity index (χ1) is 5.66. The van der Waals surface area contributed by atoms with Gasteiger partial charge in [0.1, 0.15) is 6.61 Å². The largest absolute Gasteiger partial charge is 0.389 e. The van der Waals surface area contributed by atoms with Crippen LogP contribution < -0.4 is 0 Å². The van der Waals surface area contributed by atoms with E-state index in [1.165, 1.54) is 0 Å². The topological polar surface area (TPSA) is 29.5 Å². The van der Waals surface area contributed by atoms with Gasteiger partial charge in [0.15, 0.2) is 0 Å². The van der Waals surface area contributed by atoms with Crippen LogP contribution in [0.1, 0.15) is 20.8 Å². The molecule has 0 spiro atoms. The SMILES string of the molecule is CC#CCO[C@@H](C)/C=C/C(C)O. The van der Waals surface area contributed by atoms with Crippen molar-refractivity contribution in [3.8, 4) is 11.8 Å². The van der Waals surface area contributed by atoms with Gasteiger partial charge in [-0.3, -0.25) is 0 Å². The Morgan fingerprint density at radius 3 is 2.58 bits per heavy atom. The summed E-state index contributed by atoms with van der Waals surface area (Å²) in [5.74, 6) is 5.54. The molecule has 0 fully saturated rings. The van der Waals surface area contributed by atoms with Crippen molar-refractivity contribution in [1.82, 2.24) is 0 Å². The molecule has 12 heavy (non-hydrogen) atoms. The minimum absolute atomic E-state index is 0.0143. The van der Waals surface area contributed by atoms with Gasteiger partial charge in [-0.1, -0.05) is 18.1 Å². The molecule has 1 N–H and O–H groups in total. The molecule has 0 aliphatic rings. The van der Waals surface area contributed by atoms with Gasteiger partial charge in [-0.05, 0) is 20.8 Å². The summed E-state index contributed by atoms with van der Waals surface area (Å²) < 4.78 is 5.26. The summed E-state index contributed by atoms with van der Waals surface area (Å²) in [5, 5.41) is 8.90. The number of rotatable bonds is 4. The molecule has 2 nitrogen and oxygen atoms in total. The third-order valence-electron chi connectivity index (χ3n) is 1.26. The third-order valence-corrected chi connectivity index (χ3v) is 1.26. The van der Waals surface area contributed by atoms with Crippen LogP contribution in [0.5, 0.6) is 0 Å². The van der Waals surface area contributed by atoms with Crippen LogP contribution in [-0.2, 0) is 4.74 Å². The first-order valence-corrected chi connectivity index (χ1v) is 4.04. The summed E-state index contributed by atoms with van der Waals surface area (Å²) in [5.41, 5.74) is 0. The van der Waals surface area contributed by atoms with Gasteiger partial charge in [0.05, 0.1) is 12.2 Å². The average Bonchev–Trinajstić information content (AvgIpc) is 2.01. The Labute approximate surface area is 74.2 Å². The molecule has 0 aromatic heterocycles. The molecule has 0 bridgehead atoms. The normalized spacial score (nSPS) is 15.3. The second-order valence-electron chi connectivity index (χ2n) is 2.57. The number of aliphatic hydroxyl groups is 1. The van der Waals surface area contributed by atoms with Crippen molar-refractivity contribution in [2.24, 2.45) is 0 Å². The zero-order valence-electron chi connectivity index (χ0n) is 7.87. The Hall–Kier alpha value is -0.780. The van der Waals surface area contributed by atoms with Crippen molar-refractivity contribution in [2.45, 2.75) is 33.0 Å². The molecular formula is C10H16O2. The van der Waals surface area contributed by atoms with Crippen molar-refractivity contribution < 1.29 is 9.84 Å². The molecule has 0 rings (SSSR count). The molecule has 1 unspecified atom stereocenters. The van der Waals surface area contributed by atoms with Gasteiger partial charge in [-0.15, -0.1) is 5.92 Å². The fourth-order valence-corrected chi connectivity index (χ4v) is 0.618. The summed E-state index contributed by atoms with van der Waals surface area (Å²) in [7, 11) is 0. The van der Waals surface area contributed by atoms with E-state index in [1.54, 1.807) is 19.9 Å². The van der Waals surface area contributed by atoms with E-state index in [0.717, 1.165) is 0 Å². The highest BCUT2D eigenvalue weighted by atomic mass is 16.5. The van der Waals surface area contributed by atoms with Gasteiger partial charge in [-0.2, -0.15) is 0 Å². The van der Waals surface area contributed by atoms with E-state index < -0.39 is 6.10 Å². The monoisotopic (exact) mass is 168 g/mol. The second-order valence-corrected chi connectivity index (χ2v) is 2.57. The summed E-state index contributed by atoms with van der Waals surface area (Å²) >= 11 is 0. The molecule has 0 aliphatic heterocycles. The van der Waals surface area contributed by atoms with Crippen molar-refractivity contribution >= 4 is 0 Å². The maximum atomic E-state index is 8.90. The van der Waals surface area contributed by atoms with Crippen molar-refractivity contribution in [2.75, 3.05) is 6.61 Å². The van der Waals surface area contributed by atoms with Crippen molar-refractivity contribution in [1.29, 1.82) is 0 Å². The Balaban J connectivity index is 3.56. The minimum atomic E-state index is -0.409. The van der Waals surface area contributed by atoms with Gasteiger partial charge in [0.2, 0.25) is 0 Å². The zero-order valence-corrected chi connectivity index (χ0v) is 7.87. The molecule has 0 saturated heterocycles. The molecule has 0 radical (unpaired) electrons.